The van der Waals surface area contributed by atoms with Crippen LogP contribution in [0.3, 0.4) is 0 Å². The van der Waals surface area contributed by atoms with Crippen LogP contribution in [0.1, 0.15) is 0 Å². The van der Waals surface area contributed by atoms with Crippen molar-refractivity contribution in [3.63, 3.8) is 0 Å². The molecule has 0 amide bonds. The number of pyridine rings is 1. The van der Waals surface area contributed by atoms with Crippen molar-refractivity contribution < 1.29 is 14.8 Å². The van der Waals surface area contributed by atoms with Crippen LogP contribution in [0, 0.1) is 30.3 Å². The Kier molecular flexibility index (Phi) is 4.54. The van der Waals surface area contributed by atoms with E-state index in [2.05, 4.69) is 4.98 Å². The van der Waals surface area contributed by atoms with Crippen molar-refractivity contribution in [3.8, 4) is 22.4 Å². The maximum Gasteiger partial charge on any atom is 0.361 e. The van der Waals surface area contributed by atoms with Crippen molar-refractivity contribution in [1.29, 1.82) is 0 Å². The molecule has 3 rings (SSSR count). The molecule has 0 spiro atoms. The molecule has 0 atom stereocenters. The number of benzene rings is 2. The van der Waals surface area contributed by atoms with Gasteiger partial charge in [0.1, 0.15) is 5.56 Å². The highest BCUT2D eigenvalue weighted by Crippen LogP contribution is 2.48. The summed E-state index contributed by atoms with van der Waals surface area (Å²) in [7, 11) is 0. The Morgan fingerprint density at radius 3 is 1.89 bits per heavy atom. The monoisotopic (exact) mass is 366 g/mol. The zero-order chi connectivity index (χ0) is 19.6. The predicted octanol–water partition coefficient (Wildman–Crippen LogP) is 4.14. The smallest absolute Gasteiger partial charge is 0.258 e. The van der Waals surface area contributed by atoms with Crippen molar-refractivity contribution >= 4 is 17.1 Å². The Morgan fingerprint density at radius 1 is 0.741 bits per heavy atom. The normalized spacial score (nSPS) is 10.4. The fourth-order valence-electron chi connectivity index (χ4n) is 2.76. The summed E-state index contributed by atoms with van der Waals surface area (Å²) in [5.74, 6) is 0. The lowest BCUT2D eigenvalue weighted by atomic mass is 9.96. The molecule has 0 aliphatic heterocycles. The van der Waals surface area contributed by atoms with Gasteiger partial charge in [0.25, 0.3) is 5.69 Å². The zero-order valence-electron chi connectivity index (χ0n) is 13.5. The molecule has 10 heteroatoms. The first-order valence-electron chi connectivity index (χ1n) is 7.52. The first kappa shape index (κ1) is 17.6. The van der Waals surface area contributed by atoms with Gasteiger partial charge in [0.15, 0.2) is 0 Å². The van der Waals surface area contributed by atoms with E-state index < -0.39 is 37.4 Å². The van der Waals surface area contributed by atoms with Gasteiger partial charge in [0, 0.05) is 12.3 Å². The lowest BCUT2D eigenvalue weighted by Gasteiger charge is -2.09. The summed E-state index contributed by atoms with van der Waals surface area (Å²) in [5, 5.41) is 35.1. The van der Waals surface area contributed by atoms with Crippen LogP contribution >= 0.6 is 0 Å². The molecule has 2 aromatic carbocycles. The molecule has 0 unspecified atom stereocenters. The third-order valence-electron chi connectivity index (χ3n) is 3.82. The molecular formula is C17H10N4O6. The van der Waals surface area contributed by atoms with Gasteiger partial charge in [-0.2, -0.15) is 0 Å². The molecule has 0 aliphatic rings. The fourth-order valence-corrected chi connectivity index (χ4v) is 2.76. The van der Waals surface area contributed by atoms with E-state index >= 15 is 0 Å². The van der Waals surface area contributed by atoms with Gasteiger partial charge >= 0.3 is 11.4 Å². The third kappa shape index (κ3) is 3.18. The van der Waals surface area contributed by atoms with E-state index in [4.69, 9.17) is 0 Å². The van der Waals surface area contributed by atoms with E-state index in [1.54, 1.807) is 12.1 Å². The molecular weight excluding hydrogens is 356 g/mol. The van der Waals surface area contributed by atoms with Gasteiger partial charge in [-0.05, 0) is 17.7 Å². The molecule has 0 aliphatic carbocycles. The minimum absolute atomic E-state index is 0.0232. The molecule has 0 saturated heterocycles. The van der Waals surface area contributed by atoms with Crippen LogP contribution in [0.15, 0.2) is 60.8 Å². The molecule has 1 heterocycles. The number of nitro groups is 3. The molecule has 3 aromatic rings. The Morgan fingerprint density at radius 2 is 1.37 bits per heavy atom. The van der Waals surface area contributed by atoms with Gasteiger partial charge in [-0.25, -0.2) is 0 Å². The van der Waals surface area contributed by atoms with Crippen LogP contribution in [0.2, 0.25) is 0 Å². The molecule has 0 saturated carbocycles. The Hall–Kier alpha value is -4.21. The number of hydrogen-bond acceptors (Lipinski definition) is 7. The molecule has 0 radical (unpaired) electrons. The second-order valence-corrected chi connectivity index (χ2v) is 5.37. The summed E-state index contributed by atoms with van der Waals surface area (Å²) in [5.41, 5.74) is -2.96. The van der Waals surface area contributed by atoms with E-state index in [0.717, 1.165) is 6.07 Å². The predicted molar refractivity (Wildman–Crippen MR) is 95.1 cm³/mol. The minimum Gasteiger partial charge on any atom is -0.258 e. The van der Waals surface area contributed by atoms with Crippen LogP contribution in [0.4, 0.5) is 17.1 Å². The maximum absolute atomic E-state index is 11.7. The van der Waals surface area contributed by atoms with Crippen LogP contribution in [-0.2, 0) is 0 Å². The maximum atomic E-state index is 11.7. The summed E-state index contributed by atoms with van der Waals surface area (Å²) >= 11 is 0. The van der Waals surface area contributed by atoms with Crippen molar-refractivity contribution in [2.45, 2.75) is 0 Å². The van der Waals surface area contributed by atoms with Gasteiger partial charge in [-0.3, -0.25) is 35.3 Å². The second kappa shape index (κ2) is 6.96. The average molecular weight is 366 g/mol. The Labute approximate surface area is 151 Å². The highest BCUT2D eigenvalue weighted by Gasteiger charge is 2.40. The van der Waals surface area contributed by atoms with E-state index in [-0.39, 0.29) is 16.8 Å². The first-order valence-corrected chi connectivity index (χ1v) is 7.52. The van der Waals surface area contributed by atoms with Crippen molar-refractivity contribution in [2.24, 2.45) is 0 Å². The lowest BCUT2D eigenvalue weighted by molar-refractivity contribution is -0.423. The second-order valence-electron chi connectivity index (χ2n) is 5.37. The fraction of sp³-hybridized carbons (Fsp3) is 0. The van der Waals surface area contributed by atoms with E-state index in [1.165, 1.54) is 42.6 Å². The molecule has 134 valence electrons. The topological polar surface area (TPSA) is 142 Å². The SMILES string of the molecule is O=[N+]([O-])c1cc(-c2ccccn2)c([N+](=O)[O-])c([N+](=O)[O-])c1-c1ccccc1. The van der Waals surface area contributed by atoms with Crippen LogP contribution in [0.5, 0.6) is 0 Å². The van der Waals surface area contributed by atoms with Crippen LogP contribution in [0.25, 0.3) is 22.4 Å². The zero-order valence-corrected chi connectivity index (χ0v) is 13.5. The highest BCUT2D eigenvalue weighted by molar-refractivity contribution is 5.93. The molecule has 0 N–H and O–H groups in total. The Balaban J connectivity index is 2.52. The minimum atomic E-state index is -0.972. The Bertz CT molecular complexity index is 1050. The quantitative estimate of drug-likeness (QED) is 0.487. The number of rotatable bonds is 5. The average Bonchev–Trinajstić information content (AvgIpc) is 2.67. The lowest BCUT2D eigenvalue weighted by Crippen LogP contribution is -2.05. The standard InChI is InChI=1S/C17H10N4O6/c22-19(23)14-10-12(13-8-4-5-9-18-13)16(20(24)25)17(21(26)27)15(14)11-6-2-1-3-7-11/h1-10H. The van der Waals surface area contributed by atoms with Crippen LogP contribution < -0.4 is 0 Å². The molecule has 1 aromatic heterocycles. The van der Waals surface area contributed by atoms with Gasteiger partial charge in [-0.15, -0.1) is 0 Å². The summed E-state index contributed by atoms with van der Waals surface area (Å²) in [4.78, 5) is 36.3. The highest BCUT2D eigenvalue weighted by atomic mass is 16.6. The summed E-state index contributed by atoms with van der Waals surface area (Å²) in [6.07, 6.45) is 1.34. The summed E-state index contributed by atoms with van der Waals surface area (Å²) < 4.78 is 0. The number of nitro benzene ring substituents is 3. The summed E-state index contributed by atoms with van der Waals surface area (Å²) in [6.45, 7) is 0. The molecule has 0 fully saturated rings. The van der Waals surface area contributed by atoms with Gasteiger partial charge < -0.3 is 0 Å². The van der Waals surface area contributed by atoms with Crippen molar-refractivity contribution in [3.05, 3.63) is 91.1 Å². The van der Waals surface area contributed by atoms with E-state index in [9.17, 15) is 30.3 Å². The van der Waals surface area contributed by atoms with Gasteiger partial charge in [0.05, 0.1) is 26.0 Å². The van der Waals surface area contributed by atoms with Gasteiger partial charge in [0.2, 0.25) is 0 Å². The molecule has 0 bridgehead atoms. The van der Waals surface area contributed by atoms with Crippen LogP contribution in [-0.4, -0.2) is 19.8 Å². The summed E-state index contributed by atoms with van der Waals surface area (Å²) in [6, 6.07) is 12.9. The number of hydrogen-bond donors (Lipinski definition) is 0. The molecule has 27 heavy (non-hydrogen) atoms. The largest absolute Gasteiger partial charge is 0.361 e. The van der Waals surface area contributed by atoms with Crippen molar-refractivity contribution in [2.75, 3.05) is 0 Å². The van der Waals surface area contributed by atoms with E-state index in [1.807, 2.05) is 0 Å². The number of aromatic nitrogens is 1. The first-order chi connectivity index (χ1) is 12.9. The number of nitrogens with zero attached hydrogens (tertiary/aromatic N) is 4. The van der Waals surface area contributed by atoms with Crippen molar-refractivity contribution in [1.82, 2.24) is 4.98 Å². The molecule has 10 nitrogen and oxygen atoms in total. The van der Waals surface area contributed by atoms with Gasteiger partial charge in [-0.1, -0.05) is 36.4 Å². The third-order valence-corrected chi connectivity index (χ3v) is 3.82. The van der Waals surface area contributed by atoms with E-state index in [0.29, 0.717) is 0 Å².